The molecule has 2 fully saturated rings. The van der Waals surface area contributed by atoms with Gasteiger partial charge in [-0.05, 0) is 31.0 Å². The number of hydrogen-bond acceptors (Lipinski definition) is 3. The number of urea groups is 1. The highest BCUT2D eigenvalue weighted by Crippen LogP contribution is 2.36. The van der Waals surface area contributed by atoms with E-state index in [1.165, 1.54) is 17.4 Å². The van der Waals surface area contributed by atoms with Gasteiger partial charge in [0.05, 0.1) is 23.7 Å². The molecule has 9 heteroatoms. The van der Waals surface area contributed by atoms with Crippen molar-refractivity contribution in [3.63, 3.8) is 0 Å². The van der Waals surface area contributed by atoms with E-state index in [9.17, 15) is 22.8 Å². The van der Waals surface area contributed by atoms with Crippen LogP contribution >= 0.6 is 0 Å². The molecule has 0 spiro atoms. The Morgan fingerprint density at radius 1 is 1.17 bits per heavy atom. The van der Waals surface area contributed by atoms with Crippen molar-refractivity contribution in [2.24, 2.45) is 0 Å². The highest BCUT2D eigenvalue weighted by atomic mass is 19.4. The maximum absolute atomic E-state index is 13.0. The van der Waals surface area contributed by atoms with E-state index in [-0.39, 0.29) is 36.5 Å². The van der Waals surface area contributed by atoms with Crippen LogP contribution in [0.15, 0.2) is 18.2 Å². The number of likely N-dealkylation sites (tertiary alicyclic amines) is 1. The molecule has 2 aliphatic heterocycles. The number of hydrogen-bond donors (Lipinski definition) is 1. The summed E-state index contributed by atoms with van der Waals surface area (Å²) in [6.45, 7) is 0.562. The molecule has 2 atom stereocenters. The molecule has 1 aromatic carbocycles. The Morgan fingerprint density at radius 3 is 2.59 bits per heavy atom. The highest BCUT2D eigenvalue weighted by Gasteiger charge is 2.44. The number of halogens is 3. The quantitative estimate of drug-likeness (QED) is 0.772. The molecular weight excluding hydrogens is 387 g/mol. The predicted octanol–water partition coefficient (Wildman–Crippen LogP) is 3.26. The third-order valence-corrected chi connectivity index (χ3v) is 6.09. The van der Waals surface area contributed by atoms with Gasteiger partial charge in [0.15, 0.2) is 0 Å². The second-order valence-corrected chi connectivity index (χ2v) is 8.04. The lowest BCUT2D eigenvalue weighted by atomic mass is 9.96. The van der Waals surface area contributed by atoms with Gasteiger partial charge >= 0.3 is 12.2 Å². The van der Waals surface area contributed by atoms with Gasteiger partial charge in [-0.25, -0.2) is 4.79 Å². The van der Waals surface area contributed by atoms with E-state index in [1.807, 2.05) is 0 Å². The highest BCUT2D eigenvalue weighted by molar-refractivity contribution is 5.97. The zero-order valence-corrected chi connectivity index (χ0v) is 16.2. The first-order chi connectivity index (χ1) is 13.7. The van der Waals surface area contributed by atoms with Crippen LogP contribution in [-0.4, -0.2) is 60.1 Å². The Hall–Kier alpha value is -2.45. The normalized spacial score (nSPS) is 25.2. The number of nitrogens with one attached hydrogen (secondary N) is 1. The Morgan fingerprint density at radius 2 is 1.90 bits per heavy atom. The second-order valence-electron chi connectivity index (χ2n) is 8.04. The summed E-state index contributed by atoms with van der Waals surface area (Å²) in [5.74, 6) is -0.412. The number of ether oxygens (including phenoxy) is 1. The summed E-state index contributed by atoms with van der Waals surface area (Å²) in [7, 11) is 1.54. The van der Waals surface area contributed by atoms with Crippen LogP contribution < -0.4 is 10.1 Å². The largest absolute Gasteiger partial charge is 0.486 e. The minimum absolute atomic E-state index is 0.102. The van der Waals surface area contributed by atoms with E-state index in [0.717, 1.165) is 37.8 Å². The molecule has 6 nitrogen and oxygen atoms in total. The van der Waals surface area contributed by atoms with Crippen molar-refractivity contribution in [3.8, 4) is 5.75 Å². The summed E-state index contributed by atoms with van der Waals surface area (Å²) in [6, 6.07) is 2.52. The maximum Gasteiger partial charge on any atom is 0.416 e. The Kier molecular flexibility index (Phi) is 5.08. The summed E-state index contributed by atoms with van der Waals surface area (Å²) < 4.78 is 45.0. The monoisotopic (exact) mass is 411 g/mol. The molecule has 1 aliphatic carbocycles. The molecule has 0 aromatic heterocycles. The lowest BCUT2D eigenvalue weighted by molar-refractivity contribution is -0.137. The summed E-state index contributed by atoms with van der Waals surface area (Å²) in [5.41, 5.74) is -0.989. The van der Waals surface area contributed by atoms with E-state index < -0.39 is 29.8 Å². The van der Waals surface area contributed by atoms with Crippen LogP contribution in [0.3, 0.4) is 0 Å². The van der Waals surface area contributed by atoms with Crippen molar-refractivity contribution in [1.82, 2.24) is 15.1 Å². The number of alkyl halides is 3. The minimum Gasteiger partial charge on any atom is -0.486 e. The molecule has 0 bridgehead atoms. The summed E-state index contributed by atoms with van der Waals surface area (Å²) in [6.07, 6.45) is 0.312. The van der Waals surface area contributed by atoms with Crippen LogP contribution in [0.1, 0.15) is 48.0 Å². The van der Waals surface area contributed by atoms with Gasteiger partial charge in [0, 0.05) is 19.6 Å². The van der Waals surface area contributed by atoms with Crippen LogP contribution in [0.25, 0.3) is 0 Å². The zero-order chi connectivity index (χ0) is 20.8. The van der Waals surface area contributed by atoms with Crippen molar-refractivity contribution in [2.75, 3.05) is 20.1 Å². The van der Waals surface area contributed by atoms with Crippen molar-refractivity contribution in [2.45, 2.75) is 56.5 Å². The second kappa shape index (κ2) is 7.42. The van der Waals surface area contributed by atoms with Gasteiger partial charge in [0.1, 0.15) is 11.9 Å². The summed E-state index contributed by atoms with van der Waals surface area (Å²) in [5, 5.41) is 3.06. The Labute approximate surface area is 167 Å². The van der Waals surface area contributed by atoms with Gasteiger partial charge in [0.25, 0.3) is 5.91 Å². The number of carbonyl (C=O) groups is 2. The van der Waals surface area contributed by atoms with Crippen molar-refractivity contribution >= 4 is 11.9 Å². The SMILES string of the molecule is CN1C(=O)c2cc(C(F)(F)F)ccc2O[C@H]2CN(C(=O)NC3CCCCC3)C[C@H]21. The molecular formula is C20H24F3N3O3. The van der Waals surface area contributed by atoms with Crippen LogP contribution in [0.5, 0.6) is 5.75 Å². The van der Waals surface area contributed by atoms with Crippen LogP contribution in [0.4, 0.5) is 18.0 Å². The van der Waals surface area contributed by atoms with Gasteiger partial charge in [-0.1, -0.05) is 19.3 Å². The van der Waals surface area contributed by atoms with Gasteiger partial charge in [0.2, 0.25) is 0 Å². The molecule has 2 heterocycles. The molecule has 1 aromatic rings. The molecule has 158 valence electrons. The number of rotatable bonds is 1. The molecule has 1 saturated heterocycles. The van der Waals surface area contributed by atoms with Gasteiger partial charge < -0.3 is 19.9 Å². The van der Waals surface area contributed by atoms with Gasteiger partial charge in [-0.2, -0.15) is 13.2 Å². The number of carbonyl (C=O) groups excluding carboxylic acids is 2. The molecule has 29 heavy (non-hydrogen) atoms. The standard InChI is InChI=1S/C20H24F3N3O3/c1-25-15-10-26(19(28)24-13-5-3-2-4-6-13)11-17(15)29-16-8-7-12(20(21,22)23)9-14(16)18(25)27/h7-9,13,15,17H,2-6,10-11H2,1H3,(H,24,28)/t15-,17+/m1/s1. The van der Waals surface area contributed by atoms with Crippen LogP contribution in [-0.2, 0) is 6.18 Å². The number of nitrogens with zero attached hydrogens (tertiary/aromatic N) is 2. The van der Waals surface area contributed by atoms with Gasteiger partial charge in [-0.3, -0.25) is 4.79 Å². The van der Waals surface area contributed by atoms with Crippen molar-refractivity contribution in [3.05, 3.63) is 29.3 Å². The number of likely N-dealkylation sites (N-methyl/N-ethyl adjacent to an activating group) is 1. The molecule has 3 amide bonds. The fourth-order valence-corrected chi connectivity index (χ4v) is 4.40. The van der Waals surface area contributed by atoms with Crippen molar-refractivity contribution < 1.29 is 27.5 Å². The molecule has 0 radical (unpaired) electrons. The Balaban J connectivity index is 1.51. The topological polar surface area (TPSA) is 61.9 Å². The fraction of sp³-hybridized carbons (Fsp3) is 0.600. The van der Waals surface area contributed by atoms with E-state index in [0.29, 0.717) is 0 Å². The fourth-order valence-electron chi connectivity index (χ4n) is 4.40. The first-order valence-corrected chi connectivity index (χ1v) is 9.94. The number of benzene rings is 1. The number of fused-ring (bicyclic) bond motifs is 2. The average molecular weight is 411 g/mol. The van der Waals surface area contributed by atoms with Crippen LogP contribution in [0.2, 0.25) is 0 Å². The first kappa shape index (κ1) is 19.8. The molecule has 0 unspecified atom stereocenters. The lowest BCUT2D eigenvalue weighted by Crippen LogP contribution is -2.46. The molecule has 3 aliphatic rings. The molecule has 1 saturated carbocycles. The smallest absolute Gasteiger partial charge is 0.416 e. The van der Waals surface area contributed by atoms with E-state index in [2.05, 4.69) is 5.32 Å². The van der Waals surface area contributed by atoms with Gasteiger partial charge in [-0.15, -0.1) is 0 Å². The van der Waals surface area contributed by atoms with Crippen LogP contribution in [0, 0.1) is 0 Å². The minimum atomic E-state index is -4.54. The van der Waals surface area contributed by atoms with E-state index in [4.69, 9.17) is 4.74 Å². The summed E-state index contributed by atoms with van der Waals surface area (Å²) >= 11 is 0. The summed E-state index contributed by atoms with van der Waals surface area (Å²) in [4.78, 5) is 28.5. The zero-order valence-electron chi connectivity index (χ0n) is 16.2. The average Bonchev–Trinajstić information content (AvgIpc) is 3.07. The molecule has 1 N–H and O–H groups in total. The number of amides is 3. The van der Waals surface area contributed by atoms with Crippen molar-refractivity contribution in [1.29, 1.82) is 0 Å². The Bertz CT molecular complexity index is 808. The molecule has 4 rings (SSSR count). The third-order valence-electron chi connectivity index (χ3n) is 6.09. The third kappa shape index (κ3) is 3.86. The lowest BCUT2D eigenvalue weighted by Gasteiger charge is -2.27. The first-order valence-electron chi connectivity index (χ1n) is 9.94. The van der Waals surface area contributed by atoms with E-state index in [1.54, 1.807) is 11.9 Å². The predicted molar refractivity (Wildman–Crippen MR) is 98.7 cm³/mol. The van der Waals surface area contributed by atoms with E-state index >= 15 is 0 Å². The maximum atomic E-state index is 13.0.